The Balaban J connectivity index is 1.77. The average molecular weight is 433 g/mol. The SMILES string of the molecule is COC(=O)c1cc(NC(=O)OCc2ccccc2)cc(C(=O)Nc2cccc(CN)c2)c1. The van der Waals surface area contributed by atoms with E-state index >= 15 is 0 Å². The fourth-order valence-electron chi connectivity index (χ4n) is 2.92. The number of carbonyl (C=O) groups excluding carboxylic acids is 3. The number of esters is 1. The minimum absolute atomic E-state index is 0.0776. The van der Waals surface area contributed by atoms with Gasteiger partial charge in [-0.3, -0.25) is 10.1 Å². The van der Waals surface area contributed by atoms with Gasteiger partial charge in [-0.2, -0.15) is 0 Å². The van der Waals surface area contributed by atoms with Crippen molar-refractivity contribution in [2.75, 3.05) is 17.7 Å². The van der Waals surface area contributed by atoms with E-state index < -0.39 is 18.0 Å². The standard InChI is InChI=1S/C24H23N3O5/c1-31-23(29)19-11-18(22(28)26-20-9-5-8-17(10-20)14-25)12-21(13-19)27-24(30)32-15-16-6-3-2-4-7-16/h2-13H,14-15,25H2,1H3,(H,26,28)(H,27,30). The summed E-state index contributed by atoms with van der Waals surface area (Å²) in [5.74, 6) is -1.11. The molecule has 0 heterocycles. The number of anilines is 2. The molecule has 0 aliphatic rings. The van der Waals surface area contributed by atoms with Crippen LogP contribution in [0.4, 0.5) is 16.2 Å². The zero-order chi connectivity index (χ0) is 22.9. The van der Waals surface area contributed by atoms with Crippen LogP contribution in [-0.2, 0) is 22.6 Å². The first-order chi connectivity index (χ1) is 15.5. The lowest BCUT2D eigenvalue weighted by atomic mass is 10.1. The molecule has 0 fully saturated rings. The molecule has 0 aliphatic carbocycles. The Morgan fingerprint density at radius 3 is 2.25 bits per heavy atom. The monoisotopic (exact) mass is 433 g/mol. The quantitative estimate of drug-likeness (QED) is 0.486. The maximum Gasteiger partial charge on any atom is 0.411 e. The van der Waals surface area contributed by atoms with Crippen molar-refractivity contribution in [1.29, 1.82) is 0 Å². The summed E-state index contributed by atoms with van der Waals surface area (Å²) in [6, 6.07) is 20.5. The van der Waals surface area contributed by atoms with Gasteiger partial charge >= 0.3 is 12.1 Å². The first kappa shape index (κ1) is 22.5. The number of benzene rings is 3. The van der Waals surface area contributed by atoms with Crippen molar-refractivity contribution in [3.05, 3.63) is 95.1 Å². The van der Waals surface area contributed by atoms with Gasteiger partial charge < -0.3 is 20.5 Å². The van der Waals surface area contributed by atoms with Crippen LogP contribution in [0.25, 0.3) is 0 Å². The van der Waals surface area contributed by atoms with Gasteiger partial charge in [0.1, 0.15) is 6.61 Å². The molecule has 2 amide bonds. The third-order valence-electron chi connectivity index (χ3n) is 4.50. The van der Waals surface area contributed by atoms with Crippen LogP contribution < -0.4 is 16.4 Å². The number of ether oxygens (including phenoxy) is 2. The maximum atomic E-state index is 12.8. The highest BCUT2D eigenvalue weighted by Crippen LogP contribution is 2.19. The van der Waals surface area contributed by atoms with Crippen molar-refractivity contribution in [2.24, 2.45) is 5.73 Å². The number of hydrogen-bond acceptors (Lipinski definition) is 6. The number of nitrogens with one attached hydrogen (secondary N) is 2. The second-order valence-electron chi connectivity index (χ2n) is 6.84. The van der Waals surface area contributed by atoms with Crippen molar-refractivity contribution in [2.45, 2.75) is 13.2 Å². The third kappa shape index (κ3) is 6.16. The molecular formula is C24H23N3O5. The van der Waals surface area contributed by atoms with E-state index in [9.17, 15) is 14.4 Å². The van der Waals surface area contributed by atoms with Crippen molar-refractivity contribution >= 4 is 29.3 Å². The minimum atomic E-state index is -0.724. The molecule has 0 bridgehead atoms. The van der Waals surface area contributed by atoms with E-state index in [1.807, 2.05) is 36.4 Å². The summed E-state index contributed by atoms with van der Waals surface area (Å²) < 4.78 is 9.96. The summed E-state index contributed by atoms with van der Waals surface area (Å²) >= 11 is 0. The molecule has 0 radical (unpaired) electrons. The van der Waals surface area contributed by atoms with E-state index in [2.05, 4.69) is 10.6 Å². The molecule has 8 nitrogen and oxygen atoms in total. The molecule has 32 heavy (non-hydrogen) atoms. The van der Waals surface area contributed by atoms with E-state index in [-0.39, 0.29) is 23.4 Å². The first-order valence-corrected chi connectivity index (χ1v) is 9.80. The molecule has 3 aromatic rings. The molecule has 8 heteroatoms. The van der Waals surface area contributed by atoms with Gasteiger partial charge in [-0.25, -0.2) is 9.59 Å². The largest absolute Gasteiger partial charge is 0.465 e. The van der Waals surface area contributed by atoms with Crippen molar-refractivity contribution in [3.63, 3.8) is 0 Å². The second kappa shape index (κ2) is 10.7. The van der Waals surface area contributed by atoms with Crippen LogP contribution in [0.5, 0.6) is 0 Å². The summed E-state index contributed by atoms with van der Waals surface area (Å²) in [5.41, 5.74) is 8.35. The van der Waals surface area contributed by atoms with Gasteiger partial charge in [-0.05, 0) is 41.5 Å². The Kier molecular flexibility index (Phi) is 7.55. The van der Waals surface area contributed by atoms with E-state index in [0.29, 0.717) is 12.2 Å². The molecule has 4 N–H and O–H groups in total. The van der Waals surface area contributed by atoms with Crippen LogP contribution in [0.15, 0.2) is 72.8 Å². The van der Waals surface area contributed by atoms with Gasteiger partial charge in [0.25, 0.3) is 5.91 Å². The minimum Gasteiger partial charge on any atom is -0.465 e. The van der Waals surface area contributed by atoms with Crippen LogP contribution in [0, 0.1) is 0 Å². The Morgan fingerprint density at radius 2 is 1.53 bits per heavy atom. The molecule has 0 saturated heterocycles. The number of carbonyl (C=O) groups is 3. The summed E-state index contributed by atoms with van der Waals surface area (Å²) in [6.45, 7) is 0.412. The molecule has 0 aromatic heterocycles. The number of nitrogens with two attached hydrogens (primary N) is 1. The lowest BCUT2D eigenvalue weighted by Crippen LogP contribution is -2.17. The lowest BCUT2D eigenvalue weighted by Gasteiger charge is -2.12. The summed E-state index contributed by atoms with van der Waals surface area (Å²) in [6.07, 6.45) is -0.724. The Hall–Kier alpha value is -4.17. The number of methoxy groups -OCH3 is 1. The molecule has 3 aromatic carbocycles. The highest BCUT2D eigenvalue weighted by molar-refractivity contribution is 6.07. The maximum absolute atomic E-state index is 12.8. The van der Waals surface area contributed by atoms with Crippen LogP contribution in [0.3, 0.4) is 0 Å². The Labute approximate surface area is 185 Å². The van der Waals surface area contributed by atoms with Gasteiger partial charge in [0.15, 0.2) is 0 Å². The van der Waals surface area contributed by atoms with Crippen molar-refractivity contribution in [3.8, 4) is 0 Å². The fraction of sp³-hybridized carbons (Fsp3) is 0.125. The molecule has 3 rings (SSSR count). The van der Waals surface area contributed by atoms with Crippen LogP contribution in [0.2, 0.25) is 0 Å². The van der Waals surface area contributed by atoms with Crippen LogP contribution in [0.1, 0.15) is 31.8 Å². The lowest BCUT2D eigenvalue weighted by molar-refractivity contribution is 0.0600. The van der Waals surface area contributed by atoms with Crippen molar-refractivity contribution in [1.82, 2.24) is 0 Å². The molecular weight excluding hydrogens is 410 g/mol. The Morgan fingerprint density at radius 1 is 0.812 bits per heavy atom. The smallest absolute Gasteiger partial charge is 0.411 e. The highest BCUT2D eigenvalue weighted by atomic mass is 16.5. The van der Waals surface area contributed by atoms with Gasteiger partial charge in [0.05, 0.1) is 12.7 Å². The molecule has 0 aliphatic heterocycles. The summed E-state index contributed by atoms with van der Waals surface area (Å²) in [5, 5.41) is 5.30. The van der Waals surface area contributed by atoms with E-state index in [1.54, 1.807) is 18.2 Å². The van der Waals surface area contributed by atoms with Gasteiger partial charge in [-0.15, -0.1) is 0 Å². The average Bonchev–Trinajstić information content (AvgIpc) is 2.82. The number of hydrogen-bond donors (Lipinski definition) is 3. The summed E-state index contributed by atoms with van der Waals surface area (Å²) in [4.78, 5) is 37.1. The zero-order valence-corrected chi connectivity index (χ0v) is 17.5. The van der Waals surface area contributed by atoms with Gasteiger partial charge in [0, 0.05) is 23.5 Å². The van der Waals surface area contributed by atoms with E-state index in [1.165, 1.54) is 25.3 Å². The highest BCUT2D eigenvalue weighted by Gasteiger charge is 2.15. The van der Waals surface area contributed by atoms with Crippen LogP contribution >= 0.6 is 0 Å². The van der Waals surface area contributed by atoms with E-state index in [4.69, 9.17) is 15.2 Å². The predicted molar refractivity (Wildman–Crippen MR) is 120 cm³/mol. The first-order valence-electron chi connectivity index (χ1n) is 9.80. The van der Waals surface area contributed by atoms with Crippen molar-refractivity contribution < 1.29 is 23.9 Å². The number of amides is 2. The molecule has 0 saturated carbocycles. The van der Waals surface area contributed by atoms with Gasteiger partial charge in [0.2, 0.25) is 0 Å². The fourth-order valence-corrected chi connectivity index (χ4v) is 2.92. The Bertz CT molecular complexity index is 1120. The third-order valence-corrected chi connectivity index (χ3v) is 4.50. The summed E-state index contributed by atoms with van der Waals surface area (Å²) in [7, 11) is 1.23. The van der Waals surface area contributed by atoms with Gasteiger partial charge in [-0.1, -0.05) is 42.5 Å². The van der Waals surface area contributed by atoms with Crippen LogP contribution in [-0.4, -0.2) is 25.1 Å². The molecule has 0 atom stereocenters. The second-order valence-corrected chi connectivity index (χ2v) is 6.84. The molecule has 164 valence electrons. The predicted octanol–water partition coefficient (Wildman–Crippen LogP) is 3.93. The topological polar surface area (TPSA) is 120 Å². The normalized spacial score (nSPS) is 10.2. The van der Waals surface area contributed by atoms with E-state index in [0.717, 1.165) is 11.1 Å². The zero-order valence-electron chi connectivity index (χ0n) is 17.5. The number of rotatable bonds is 7. The molecule has 0 spiro atoms. The molecule has 0 unspecified atom stereocenters.